The van der Waals surface area contributed by atoms with Crippen LogP contribution in [0.3, 0.4) is 0 Å². The molecule has 1 unspecified atom stereocenters. The molecular weight excluding hydrogens is 399 g/mol. The van der Waals surface area contributed by atoms with E-state index in [0.717, 1.165) is 17.4 Å². The number of fused-ring (bicyclic) bond motifs is 1. The molecule has 1 N–H and O–H groups in total. The van der Waals surface area contributed by atoms with Gasteiger partial charge in [0.25, 0.3) is 0 Å². The zero-order chi connectivity index (χ0) is 21.8. The van der Waals surface area contributed by atoms with Crippen molar-refractivity contribution in [3.05, 3.63) is 48.0 Å². The summed E-state index contributed by atoms with van der Waals surface area (Å²) in [5, 5.41) is 4.07. The third kappa shape index (κ3) is 4.86. The molecule has 2 aromatic carbocycles. The molecule has 0 spiro atoms. The van der Waals surface area contributed by atoms with Gasteiger partial charge >= 0.3 is 0 Å². The van der Waals surface area contributed by atoms with E-state index in [1.807, 2.05) is 13.0 Å². The van der Waals surface area contributed by atoms with Crippen LogP contribution in [0.4, 0.5) is 21.6 Å². The number of halogens is 1. The molecule has 1 atom stereocenters. The standard InChI is InChI=1S/C23H23FN4O3/c1-3-17(29)11-25-16-8-14(2)22-20(10-16)26-13-27-23(22)28-19-5-4-15(24)9-21(19)31-18-6-7-30-12-18/h4-5,8-11,13,18H,3,6-7,12H2,1-2H3,(H,26,27,28). The van der Waals surface area contributed by atoms with E-state index in [9.17, 15) is 9.18 Å². The Morgan fingerprint density at radius 1 is 1.35 bits per heavy atom. The minimum absolute atomic E-state index is 0.0423. The summed E-state index contributed by atoms with van der Waals surface area (Å²) in [6.07, 6.45) is 3.83. The number of rotatable bonds is 7. The Morgan fingerprint density at radius 3 is 3.00 bits per heavy atom. The number of carbonyl (C=O) groups is 1. The number of aliphatic imine (C=N–C) groups is 1. The lowest BCUT2D eigenvalue weighted by atomic mass is 10.1. The summed E-state index contributed by atoms with van der Waals surface area (Å²) >= 11 is 0. The summed E-state index contributed by atoms with van der Waals surface area (Å²) in [6, 6.07) is 8.02. The molecule has 3 aromatic rings. The van der Waals surface area contributed by atoms with Crippen LogP contribution in [0.1, 0.15) is 25.3 Å². The minimum Gasteiger partial charge on any atom is -0.486 e. The summed E-state index contributed by atoms with van der Waals surface area (Å²) in [5.74, 6) is 0.549. The van der Waals surface area contributed by atoms with Crippen LogP contribution in [0.2, 0.25) is 0 Å². The lowest BCUT2D eigenvalue weighted by molar-refractivity contribution is -0.112. The number of benzene rings is 2. The molecule has 0 amide bonds. The molecule has 1 fully saturated rings. The molecular formula is C23H23FN4O3. The number of hydrogen-bond donors (Lipinski definition) is 1. The third-order valence-electron chi connectivity index (χ3n) is 5.00. The van der Waals surface area contributed by atoms with E-state index in [2.05, 4.69) is 20.3 Å². The molecule has 0 aliphatic carbocycles. The van der Waals surface area contributed by atoms with Crippen molar-refractivity contribution in [2.24, 2.45) is 4.99 Å². The van der Waals surface area contributed by atoms with Crippen LogP contribution in [-0.2, 0) is 9.53 Å². The monoisotopic (exact) mass is 422 g/mol. The first kappa shape index (κ1) is 20.9. The number of aryl methyl sites for hydroxylation is 1. The second-order valence-corrected chi connectivity index (χ2v) is 7.33. The van der Waals surface area contributed by atoms with Crippen LogP contribution < -0.4 is 10.1 Å². The number of Topliss-reactive ketones (excluding diaryl/α,β-unsaturated/α-hetero) is 1. The lowest BCUT2D eigenvalue weighted by Gasteiger charge is -2.17. The van der Waals surface area contributed by atoms with E-state index >= 15 is 0 Å². The van der Waals surface area contributed by atoms with Crippen LogP contribution in [0.15, 0.2) is 41.7 Å². The van der Waals surface area contributed by atoms with E-state index in [-0.39, 0.29) is 17.7 Å². The zero-order valence-corrected chi connectivity index (χ0v) is 17.4. The fourth-order valence-corrected chi connectivity index (χ4v) is 3.39. The second kappa shape index (κ2) is 9.18. The predicted molar refractivity (Wildman–Crippen MR) is 117 cm³/mol. The number of ether oxygens (including phenoxy) is 2. The third-order valence-corrected chi connectivity index (χ3v) is 5.00. The number of anilines is 2. The predicted octanol–water partition coefficient (Wildman–Crippen LogP) is 4.67. The van der Waals surface area contributed by atoms with E-state index in [0.29, 0.717) is 48.1 Å². The second-order valence-electron chi connectivity index (χ2n) is 7.33. The smallest absolute Gasteiger partial charge is 0.173 e. The molecule has 160 valence electrons. The highest BCUT2D eigenvalue weighted by Crippen LogP contribution is 2.34. The Bertz CT molecular complexity index is 1140. The van der Waals surface area contributed by atoms with Gasteiger partial charge in [-0.25, -0.2) is 14.4 Å². The summed E-state index contributed by atoms with van der Waals surface area (Å²) in [5.41, 5.74) is 2.82. The molecule has 0 bridgehead atoms. The van der Waals surface area contributed by atoms with E-state index < -0.39 is 0 Å². The Labute approximate surface area is 179 Å². The highest BCUT2D eigenvalue weighted by atomic mass is 19.1. The molecule has 1 aliphatic heterocycles. The topological polar surface area (TPSA) is 85.7 Å². The maximum atomic E-state index is 13.9. The number of carbonyl (C=O) groups excluding carboxylic acids is 1. The van der Waals surface area contributed by atoms with E-state index in [1.54, 1.807) is 19.1 Å². The van der Waals surface area contributed by atoms with Crippen LogP contribution in [-0.4, -0.2) is 41.3 Å². The number of nitrogens with one attached hydrogen (secondary N) is 1. The van der Waals surface area contributed by atoms with Gasteiger partial charge in [-0.3, -0.25) is 9.79 Å². The highest BCUT2D eigenvalue weighted by Gasteiger charge is 2.20. The Morgan fingerprint density at radius 2 is 2.23 bits per heavy atom. The molecule has 1 aliphatic rings. The fraction of sp³-hybridized carbons (Fsp3) is 0.304. The zero-order valence-electron chi connectivity index (χ0n) is 17.4. The number of ketones is 1. The maximum absolute atomic E-state index is 13.9. The number of nitrogens with zero attached hydrogens (tertiary/aromatic N) is 3. The van der Waals surface area contributed by atoms with E-state index in [4.69, 9.17) is 9.47 Å². The summed E-state index contributed by atoms with van der Waals surface area (Å²) in [7, 11) is 0. The van der Waals surface area contributed by atoms with E-state index in [1.165, 1.54) is 24.7 Å². The van der Waals surface area contributed by atoms with Crippen LogP contribution in [0.25, 0.3) is 10.9 Å². The quantitative estimate of drug-likeness (QED) is 0.557. The van der Waals surface area contributed by atoms with Gasteiger partial charge in [-0.05, 0) is 36.8 Å². The Hall–Kier alpha value is -3.39. The molecule has 4 rings (SSSR count). The Balaban J connectivity index is 1.67. The molecule has 1 saturated heterocycles. The van der Waals surface area contributed by atoms with Gasteiger partial charge in [0.2, 0.25) is 0 Å². The number of aromatic nitrogens is 2. The molecule has 1 aromatic heterocycles. The van der Waals surface area contributed by atoms with Crippen molar-refractivity contribution in [2.75, 3.05) is 18.5 Å². The molecule has 7 nitrogen and oxygen atoms in total. The number of hydrogen-bond acceptors (Lipinski definition) is 7. The van der Waals surface area contributed by atoms with Crippen LogP contribution >= 0.6 is 0 Å². The molecule has 31 heavy (non-hydrogen) atoms. The van der Waals surface area contributed by atoms with Gasteiger partial charge in [0, 0.05) is 24.3 Å². The van der Waals surface area contributed by atoms with Gasteiger partial charge in [0.15, 0.2) is 5.78 Å². The highest BCUT2D eigenvalue weighted by molar-refractivity contribution is 6.27. The average Bonchev–Trinajstić information content (AvgIpc) is 3.27. The van der Waals surface area contributed by atoms with Crippen molar-refractivity contribution in [1.82, 2.24) is 9.97 Å². The van der Waals surface area contributed by atoms with Crippen molar-refractivity contribution in [3.8, 4) is 5.75 Å². The first-order valence-corrected chi connectivity index (χ1v) is 10.2. The molecule has 2 heterocycles. The van der Waals surface area contributed by atoms with Gasteiger partial charge < -0.3 is 14.8 Å². The minimum atomic E-state index is -0.382. The Kier molecular flexibility index (Phi) is 6.18. The molecule has 0 radical (unpaired) electrons. The maximum Gasteiger partial charge on any atom is 0.173 e. The van der Waals surface area contributed by atoms with Crippen LogP contribution in [0.5, 0.6) is 5.75 Å². The van der Waals surface area contributed by atoms with Gasteiger partial charge in [-0.15, -0.1) is 0 Å². The van der Waals surface area contributed by atoms with Crippen molar-refractivity contribution < 1.29 is 18.7 Å². The van der Waals surface area contributed by atoms with Gasteiger partial charge in [0.1, 0.15) is 29.8 Å². The largest absolute Gasteiger partial charge is 0.486 e. The first-order valence-electron chi connectivity index (χ1n) is 10.2. The van der Waals surface area contributed by atoms with Crippen molar-refractivity contribution >= 4 is 40.1 Å². The molecule has 8 heteroatoms. The van der Waals surface area contributed by atoms with Gasteiger partial charge in [-0.2, -0.15) is 0 Å². The normalized spacial score (nSPS) is 16.2. The van der Waals surface area contributed by atoms with Crippen molar-refractivity contribution in [3.63, 3.8) is 0 Å². The lowest BCUT2D eigenvalue weighted by Crippen LogP contribution is -2.16. The average molecular weight is 422 g/mol. The fourth-order valence-electron chi connectivity index (χ4n) is 3.39. The van der Waals surface area contributed by atoms with Crippen LogP contribution in [0, 0.1) is 12.7 Å². The van der Waals surface area contributed by atoms with Gasteiger partial charge in [0.05, 0.1) is 36.3 Å². The first-order chi connectivity index (χ1) is 15.0. The van der Waals surface area contributed by atoms with Crippen molar-refractivity contribution in [1.29, 1.82) is 0 Å². The summed E-state index contributed by atoms with van der Waals surface area (Å²) in [4.78, 5) is 24.5. The summed E-state index contributed by atoms with van der Waals surface area (Å²) < 4.78 is 25.2. The molecule has 0 saturated carbocycles. The summed E-state index contributed by atoms with van der Waals surface area (Å²) in [6.45, 7) is 4.83. The van der Waals surface area contributed by atoms with Gasteiger partial charge in [-0.1, -0.05) is 6.92 Å². The SMILES string of the molecule is CCC(=O)C=Nc1cc(C)c2c(Nc3ccc(F)cc3OC3CCOC3)ncnc2c1. The van der Waals surface area contributed by atoms with Crippen molar-refractivity contribution in [2.45, 2.75) is 32.8 Å².